The number of methoxy groups -OCH3 is 4. The van der Waals surface area contributed by atoms with Crippen LogP contribution in [0, 0.1) is 0 Å². The average molecular weight is 478 g/mol. The van der Waals surface area contributed by atoms with Gasteiger partial charge in [-0.3, -0.25) is 4.90 Å². The monoisotopic (exact) mass is 477 g/mol. The van der Waals surface area contributed by atoms with E-state index in [4.69, 9.17) is 23.7 Å². The molecule has 0 bridgehead atoms. The maximum atomic E-state index is 6.49. The standard InChI is InChI=1S/C26H35NO5.ClH/c1-16(27-9-8-17-10-21(28-4)22(29-5)11-18(17)14-27)25-19-12-23(30-6)24(31-7)13-20(19)26(2,3)15-32-25;/h10-13,16,25H,8-9,14-15H2,1-7H3;1H. The van der Waals surface area contributed by atoms with Crippen molar-refractivity contribution in [3.63, 3.8) is 0 Å². The zero-order valence-corrected chi connectivity index (χ0v) is 21.5. The van der Waals surface area contributed by atoms with Crippen LogP contribution in [0.2, 0.25) is 0 Å². The second-order valence-corrected chi connectivity index (χ2v) is 9.35. The molecule has 2 aromatic rings. The summed E-state index contributed by atoms with van der Waals surface area (Å²) in [5.41, 5.74) is 4.96. The van der Waals surface area contributed by atoms with Gasteiger partial charge in [0.2, 0.25) is 0 Å². The molecule has 7 heteroatoms. The Bertz CT molecular complexity index is 993. The number of nitrogens with zero attached hydrogens (tertiary/aromatic N) is 1. The first kappa shape index (κ1) is 25.5. The summed E-state index contributed by atoms with van der Waals surface area (Å²) in [6.45, 7) is 9.18. The molecule has 33 heavy (non-hydrogen) atoms. The Morgan fingerprint density at radius 2 is 1.42 bits per heavy atom. The van der Waals surface area contributed by atoms with Gasteiger partial charge in [0.15, 0.2) is 23.0 Å². The fraction of sp³-hybridized carbons (Fsp3) is 0.538. The van der Waals surface area contributed by atoms with Crippen LogP contribution in [0.25, 0.3) is 0 Å². The van der Waals surface area contributed by atoms with Crippen molar-refractivity contribution in [3.8, 4) is 23.0 Å². The third-order valence-electron chi connectivity index (χ3n) is 6.98. The number of hydrogen-bond donors (Lipinski definition) is 0. The van der Waals surface area contributed by atoms with Gasteiger partial charge in [-0.1, -0.05) is 13.8 Å². The van der Waals surface area contributed by atoms with Crippen LogP contribution in [0.1, 0.15) is 49.1 Å². The lowest BCUT2D eigenvalue weighted by atomic mass is 9.77. The molecule has 0 saturated carbocycles. The minimum absolute atomic E-state index is 0. The summed E-state index contributed by atoms with van der Waals surface area (Å²) in [7, 11) is 6.74. The minimum atomic E-state index is -0.0937. The van der Waals surface area contributed by atoms with Gasteiger partial charge in [0.05, 0.1) is 41.2 Å². The summed E-state index contributed by atoms with van der Waals surface area (Å²) in [5, 5.41) is 0. The summed E-state index contributed by atoms with van der Waals surface area (Å²) >= 11 is 0. The van der Waals surface area contributed by atoms with E-state index in [0.29, 0.717) is 6.61 Å². The van der Waals surface area contributed by atoms with E-state index in [1.807, 2.05) is 0 Å². The molecular formula is C26H36ClNO5. The number of hydrogen-bond acceptors (Lipinski definition) is 6. The van der Waals surface area contributed by atoms with E-state index < -0.39 is 0 Å². The van der Waals surface area contributed by atoms with Crippen LogP contribution in [0.15, 0.2) is 24.3 Å². The van der Waals surface area contributed by atoms with E-state index in [2.05, 4.69) is 49.9 Å². The van der Waals surface area contributed by atoms with Gasteiger partial charge in [0, 0.05) is 24.5 Å². The number of ether oxygens (including phenoxy) is 5. The normalized spacial score (nSPS) is 20.0. The molecule has 2 aromatic carbocycles. The molecule has 4 rings (SSSR count). The molecule has 0 radical (unpaired) electrons. The van der Waals surface area contributed by atoms with Crippen LogP contribution in [0.3, 0.4) is 0 Å². The van der Waals surface area contributed by atoms with E-state index in [-0.39, 0.29) is 30.0 Å². The Balaban J connectivity index is 0.00000306. The fourth-order valence-electron chi connectivity index (χ4n) is 5.03. The first-order chi connectivity index (χ1) is 15.3. The second kappa shape index (κ2) is 10.00. The minimum Gasteiger partial charge on any atom is -0.493 e. The van der Waals surface area contributed by atoms with E-state index in [1.165, 1.54) is 22.3 Å². The maximum absolute atomic E-state index is 6.49. The lowest BCUT2D eigenvalue weighted by molar-refractivity contribution is -0.0452. The highest BCUT2D eigenvalue weighted by Crippen LogP contribution is 2.45. The van der Waals surface area contributed by atoms with E-state index >= 15 is 0 Å². The highest BCUT2D eigenvalue weighted by Gasteiger charge is 2.39. The molecule has 182 valence electrons. The smallest absolute Gasteiger partial charge is 0.161 e. The molecule has 0 saturated heterocycles. The molecule has 2 aliphatic rings. The summed E-state index contributed by atoms with van der Waals surface area (Å²) in [6.07, 6.45) is 0.927. The zero-order valence-electron chi connectivity index (χ0n) is 20.7. The van der Waals surface area contributed by atoms with Gasteiger partial charge < -0.3 is 23.7 Å². The first-order valence-corrected chi connectivity index (χ1v) is 11.2. The van der Waals surface area contributed by atoms with Crippen LogP contribution in [0.4, 0.5) is 0 Å². The summed E-state index contributed by atoms with van der Waals surface area (Å²) in [6, 6.07) is 8.65. The first-order valence-electron chi connectivity index (χ1n) is 11.2. The maximum Gasteiger partial charge on any atom is 0.161 e. The Morgan fingerprint density at radius 1 is 0.879 bits per heavy atom. The lowest BCUT2D eigenvalue weighted by Crippen LogP contribution is -2.45. The van der Waals surface area contributed by atoms with Gasteiger partial charge in [0.1, 0.15) is 0 Å². The van der Waals surface area contributed by atoms with Gasteiger partial charge in [0.25, 0.3) is 0 Å². The number of fused-ring (bicyclic) bond motifs is 2. The van der Waals surface area contributed by atoms with Crippen LogP contribution in [0.5, 0.6) is 23.0 Å². The molecule has 0 aromatic heterocycles. The molecule has 2 aliphatic heterocycles. The van der Waals surface area contributed by atoms with Crippen molar-refractivity contribution in [2.24, 2.45) is 0 Å². The van der Waals surface area contributed by atoms with Crippen molar-refractivity contribution in [3.05, 3.63) is 46.5 Å². The van der Waals surface area contributed by atoms with E-state index in [0.717, 1.165) is 42.5 Å². The number of rotatable bonds is 6. The third-order valence-corrected chi connectivity index (χ3v) is 6.98. The number of halogens is 1. The van der Waals surface area contributed by atoms with Crippen LogP contribution < -0.4 is 18.9 Å². The van der Waals surface area contributed by atoms with E-state index in [1.54, 1.807) is 28.4 Å². The van der Waals surface area contributed by atoms with Crippen molar-refractivity contribution in [2.75, 3.05) is 41.6 Å². The van der Waals surface area contributed by atoms with Gasteiger partial charge in [-0.15, -0.1) is 12.4 Å². The highest BCUT2D eigenvalue weighted by atomic mass is 35.5. The summed E-state index contributed by atoms with van der Waals surface area (Å²) < 4.78 is 28.7. The summed E-state index contributed by atoms with van der Waals surface area (Å²) in [4.78, 5) is 2.50. The predicted octanol–water partition coefficient (Wildman–Crippen LogP) is 4.94. The third kappa shape index (κ3) is 4.61. The second-order valence-electron chi connectivity index (χ2n) is 9.35. The lowest BCUT2D eigenvalue weighted by Gasteiger charge is -2.44. The zero-order chi connectivity index (χ0) is 23.0. The molecule has 0 amide bonds. The van der Waals surface area contributed by atoms with Crippen molar-refractivity contribution in [1.29, 1.82) is 0 Å². The Kier molecular flexibility index (Phi) is 7.72. The highest BCUT2D eigenvalue weighted by molar-refractivity contribution is 5.85. The van der Waals surface area contributed by atoms with Gasteiger partial charge in [-0.05, 0) is 59.9 Å². The molecular weight excluding hydrogens is 442 g/mol. The van der Waals surface area contributed by atoms with Crippen LogP contribution in [-0.2, 0) is 23.1 Å². The van der Waals surface area contributed by atoms with Gasteiger partial charge in [-0.25, -0.2) is 0 Å². The van der Waals surface area contributed by atoms with Crippen molar-refractivity contribution in [2.45, 2.75) is 51.3 Å². The molecule has 0 spiro atoms. The molecule has 0 fully saturated rings. The molecule has 2 heterocycles. The van der Waals surface area contributed by atoms with Crippen molar-refractivity contribution < 1.29 is 23.7 Å². The van der Waals surface area contributed by atoms with Crippen molar-refractivity contribution in [1.82, 2.24) is 4.90 Å². The largest absolute Gasteiger partial charge is 0.493 e. The topological polar surface area (TPSA) is 49.4 Å². The van der Waals surface area contributed by atoms with Gasteiger partial charge in [-0.2, -0.15) is 0 Å². The molecule has 6 nitrogen and oxygen atoms in total. The predicted molar refractivity (Wildman–Crippen MR) is 132 cm³/mol. The molecule has 0 aliphatic carbocycles. The Hall–Kier alpha value is -2.15. The SMILES string of the molecule is COc1cc2c(cc1OC)CN(C(C)C1OCC(C)(C)c3cc(OC)c(OC)cc31)CC2.Cl. The average Bonchev–Trinajstić information content (AvgIpc) is 2.81. The van der Waals surface area contributed by atoms with E-state index in [9.17, 15) is 0 Å². The molecule has 2 unspecified atom stereocenters. The molecule has 0 N–H and O–H groups in total. The summed E-state index contributed by atoms with van der Waals surface area (Å²) in [5.74, 6) is 3.07. The Labute approximate surface area is 203 Å². The quantitative estimate of drug-likeness (QED) is 0.587. The number of benzene rings is 2. The fourth-order valence-corrected chi connectivity index (χ4v) is 5.03. The molecule has 2 atom stereocenters. The Morgan fingerprint density at radius 3 is 2.03 bits per heavy atom. The van der Waals surface area contributed by atoms with Crippen LogP contribution >= 0.6 is 12.4 Å². The van der Waals surface area contributed by atoms with Gasteiger partial charge >= 0.3 is 0 Å². The van der Waals surface area contributed by atoms with Crippen LogP contribution in [-0.4, -0.2) is 52.5 Å². The van der Waals surface area contributed by atoms with Crippen molar-refractivity contribution >= 4 is 12.4 Å².